The van der Waals surface area contributed by atoms with E-state index in [4.69, 9.17) is 21.7 Å². The Balaban J connectivity index is 1.54. The number of likely N-dealkylation sites (tertiary alicyclic amines) is 1. The Bertz CT molecular complexity index is 925. The maximum atomic E-state index is 12.8. The normalized spacial score (nSPS) is 13.7. The monoisotopic (exact) mass is 455 g/mol. The summed E-state index contributed by atoms with van der Waals surface area (Å²) in [7, 11) is 1.61. The maximum Gasteiger partial charge on any atom is 0.257 e. The van der Waals surface area contributed by atoms with E-state index in [1.807, 2.05) is 11.0 Å². The van der Waals surface area contributed by atoms with E-state index in [1.165, 1.54) is 12.8 Å². The van der Waals surface area contributed by atoms with Crippen LogP contribution in [-0.2, 0) is 4.74 Å². The summed E-state index contributed by atoms with van der Waals surface area (Å²) in [5.41, 5.74) is 1.71. The second kappa shape index (κ2) is 12.2. The molecule has 7 nitrogen and oxygen atoms in total. The molecule has 8 heteroatoms. The lowest BCUT2D eigenvalue weighted by Crippen LogP contribution is -2.34. The van der Waals surface area contributed by atoms with Crippen LogP contribution < -0.4 is 15.4 Å². The SMILES string of the molecule is COCCOc1ccc(C(=O)NC(=S)Nc2cccc(C(=O)N3CCCCCC3)c2)cc1. The largest absolute Gasteiger partial charge is 0.491 e. The highest BCUT2D eigenvalue weighted by Crippen LogP contribution is 2.17. The van der Waals surface area contributed by atoms with Crippen LogP contribution in [0.15, 0.2) is 48.5 Å². The van der Waals surface area contributed by atoms with E-state index in [0.29, 0.717) is 35.8 Å². The van der Waals surface area contributed by atoms with Crippen molar-refractivity contribution in [3.63, 3.8) is 0 Å². The van der Waals surface area contributed by atoms with Crippen molar-refractivity contribution < 1.29 is 19.1 Å². The van der Waals surface area contributed by atoms with E-state index in [2.05, 4.69) is 10.6 Å². The molecule has 1 aliphatic heterocycles. The van der Waals surface area contributed by atoms with Crippen LogP contribution >= 0.6 is 12.2 Å². The first-order valence-electron chi connectivity index (χ1n) is 10.8. The molecule has 0 bridgehead atoms. The summed E-state index contributed by atoms with van der Waals surface area (Å²) in [6, 6.07) is 14.0. The molecule has 3 rings (SSSR count). The van der Waals surface area contributed by atoms with Crippen molar-refractivity contribution in [3.05, 3.63) is 59.7 Å². The number of nitrogens with zero attached hydrogens (tertiary/aromatic N) is 1. The molecule has 0 radical (unpaired) electrons. The number of thiocarbonyl (C=S) groups is 1. The van der Waals surface area contributed by atoms with Gasteiger partial charge in [-0.05, 0) is 67.5 Å². The maximum absolute atomic E-state index is 12.8. The van der Waals surface area contributed by atoms with Crippen LogP contribution in [-0.4, -0.2) is 55.2 Å². The molecule has 170 valence electrons. The minimum absolute atomic E-state index is 0.0262. The molecule has 1 aliphatic rings. The lowest BCUT2D eigenvalue weighted by Gasteiger charge is -2.20. The van der Waals surface area contributed by atoms with E-state index in [1.54, 1.807) is 49.6 Å². The fourth-order valence-corrected chi connectivity index (χ4v) is 3.68. The molecule has 2 amide bonds. The van der Waals surface area contributed by atoms with Crippen LogP contribution in [0.3, 0.4) is 0 Å². The second-order valence-corrected chi connectivity index (χ2v) is 7.97. The van der Waals surface area contributed by atoms with Gasteiger partial charge in [0, 0.05) is 37.0 Å². The predicted molar refractivity (Wildman–Crippen MR) is 128 cm³/mol. The zero-order chi connectivity index (χ0) is 22.8. The van der Waals surface area contributed by atoms with Crippen molar-refractivity contribution in [1.29, 1.82) is 0 Å². The van der Waals surface area contributed by atoms with Crippen LogP contribution in [0.2, 0.25) is 0 Å². The van der Waals surface area contributed by atoms with Crippen molar-refractivity contribution >= 4 is 34.8 Å². The summed E-state index contributed by atoms with van der Waals surface area (Å²) in [6.45, 7) is 2.52. The number of rotatable bonds is 7. The average molecular weight is 456 g/mol. The van der Waals surface area contributed by atoms with Crippen molar-refractivity contribution in [1.82, 2.24) is 10.2 Å². The average Bonchev–Trinajstić information content (AvgIpc) is 3.09. The van der Waals surface area contributed by atoms with Crippen LogP contribution in [0.1, 0.15) is 46.4 Å². The molecule has 0 unspecified atom stereocenters. The third kappa shape index (κ3) is 7.03. The van der Waals surface area contributed by atoms with E-state index < -0.39 is 0 Å². The van der Waals surface area contributed by atoms with Gasteiger partial charge in [0.05, 0.1) is 6.61 Å². The molecule has 0 atom stereocenters. The van der Waals surface area contributed by atoms with Crippen molar-refractivity contribution in [3.8, 4) is 5.75 Å². The number of carbonyl (C=O) groups is 2. The van der Waals surface area contributed by atoms with Gasteiger partial charge in [-0.15, -0.1) is 0 Å². The van der Waals surface area contributed by atoms with Crippen molar-refractivity contribution in [2.45, 2.75) is 25.7 Å². The molecule has 1 heterocycles. The highest BCUT2D eigenvalue weighted by molar-refractivity contribution is 7.80. The van der Waals surface area contributed by atoms with Gasteiger partial charge in [0.2, 0.25) is 0 Å². The Morgan fingerprint density at radius 3 is 2.38 bits per heavy atom. The number of amides is 2. The number of anilines is 1. The summed E-state index contributed by atoms with van der Waals surface area (Å²) >= 11 is 5.28. The molecule has 1 saturated heterocycles. The molecule has 0 aromatic heterocycles. The standard InChI is InChI=1S/C24H29N3O4S/c1-30-15-16-31-21-11-9-18(10-12-21)22(28)26-24(32)25-20-8-6-7-19(17-20)23(29)27-13-4-2-3-5-14-27/h6-12,17H,2-5,13-16H2,1H3,(H2,25,26,28,32). The zero-order valence-corrected chi connectivity index (χ0v) is 19.1. The topological polar surface area (TPSA) is 79.9 Å². The van der Waals surface area contributed by atoms with Gasteiger partial charge in [-0.1, -0.05) is 18.9 Å². The van der Waals surface area contributed by atoms with E-state index in [9.17, 15) is 9.59 Å². The predicted octanol–water partition coefficient (Wildman–Crippen LogP) is 3.85. The number of ether oxygens (including phenoxy) is 2. The molecule has 2 N–H and O–H groups in total. The van der Waals surface area contributed by atoms with E-state index in [-0.39, 0.29) is 16.9 Å². The number of nitrogens with one attached hydrogen (secondary N) is 2. The summed E-state index contributed by atoms with van der Waals surface area (Å²) < 4.78 is 10.4. The van der Waals surface area contributed by atoms with Gasteiger partial charge in [-0.25, -0.2) is 0 Å². The fourth-order valence-electron chi connectivity index (χ4n) is 3.47. The molecular weight excluding hydrogens is 426 g/mol. The van der Waals surface area contributed by atoms with Crippen LogP contribution in [0.25, 0.3) is 0 Å². The Labute approximate surface area is 194 Å². The number of benzene rings is 2. The lowest BCUT2D eigenvalue weighted by molar-refractivity contribution is 0.0761. The first-order chi connectivity index (χ1) is 15.6. The van der Waals surface area contributed by atoms with Crippen LogP contribution in [0, 0.1) is 0 Å². The van der Waals surface area contributed by atoms with E-state index in [0.717, 1.165) is 25.9 Å². The second-order valence-electron chi connectivity index (χ2n) is 7.56. The fraction of sp³-hybridized carbons (Fsp3) is 0.375. The molecule has 0 saturated carbocycles. The van der Waals surface area contributed by atoms with Crippen molar-refractivity contribution in [2.75, 3.05) is 38.7 Å². The minimum atomic E-state index is -0.331. The van der Waals surface area contributed by atoms with Gasteiger partial charge in [0.25, 0.3) is 11.8 Å². The highest BCUT2D eigenvalue weighted by atomic mass is 32.1. The van der Waals surface area contributed by atoms with E-state index >= 15 is 0 Å². The van der Waals surface area contributed by atoms with Crippen LogP contribution in [0.4, 0.5) is 5.69 Å². The van der Waals surface area contributed by atoms with Gasteiger partial charge in [0.15, 0.2) is 5.11 Å². The molecule has 0 spiro atoms. The summed E-state index contributed by atoms with van der Waals surface area (Å²) in [4.78, 5) is 27.2. The summed E-state index contributed by atoms with van der Waals surface area (Å²) in [5, 5.41) is 5.81. The number of methoxy groups -OCH3 is 1. The van der Waals surface area contributed by atoms with Gasteiger partial charge < -0.3 is 19.7 Å². The van der Waals surface area contributed by atoms with Gasteiger partial charge in [-0.2, -0.15) is 0 Å². The Kier molecular flexibility index (Phi) is 9.01. The first kappa shape index (κ1) is 23.7. The Hall–Kier alpha value is -2.97. The van der Waals surface area contributed by atoms with Crippen LogP contribution in [0.5, 0.6) is 5.75 Å². The molecule has 0 aliphatic carbocycles. The number of hydrogen-bond acceptors (Lipinski definition) is 5. The molecule has 2 aromatic carbocycles. The highest BCUT2D eigenvalue weighted by Gasteiger charge is 2.17. The third-order valence-corrected chi connectivity index (χ3v) is 5.36. The van der Waals surface area contributed by atoms with Gasteiger partial charge in [0.1, 0.15) is 12.4 Å². The zero-order valence-electron chi connectivity index (χ0n) is 18.3. The Morgan fingerprint density at radius 1 is 0.969 bits per heavy atom. The number of carbonyl (C=O) groups excluding carboxylic acids is 2. The third-order valence-electron chi connectivity index (χ3n) is 5.16. The molecule has 1 fully saturated rings. The first-order valence-corrected chi connectivity index (χ1v) is 11.2. The number of hydrogen-bond donors (Lipinski definition) is 2. The smallest absolute Gasteiger partial charge is 0.257 e. The molecule has 32 heavy (non-hydrogen) atoms. The van der Waals surface area contributed by atoms with Crippen molar-refractivity contribution in [2.24, 2.45) is 0 Å². The summed E-state index contributed by atoms with van der Waals surface area (Å²) in [5.74, 6) is 0.353. The molecular formula is C24H29N3O4S. The van der Waals surface area contributed by atoms with Gasteiger partial charge in [-0.3, -0.25) is 14.9 Å². The quantitative estimate of drug-likeness (QED) is 0.488. The Morgan fingerprint density at radius 2 is 1.69 bits per heavy atom. The minimum Gasteiger partial charge on any atom is -0.491 e. The summed E-state index contributed by atoms with van der Waals surface area (Å²) in [6.07, 6.45) is 4.42. The van der Waals surface area contributed by atoms with Gasteiger partial charge >= 0.3 is 0 Å². The molecule has 2 aromatic rings. The lowest BCUT2D eigenvalue weighted by atomic mass is 10.1.